The van der Waals surface area contributed by atoms with Gasteiger partial charge in [-0.15, -0.1) is 0 Å². The lowest BCUT2D eigenvalue weighted by atomic mass is 10.2. The van der Waals surface area contributed by atoms with Crippen molar-refractivity contribution in [3.8, 4) is 0 Å². The molecule has 1 aromatic heterocycles. The highest BCUT2D eigenvalue weighted by Crippen LogP contribution is 2.18. The minimum Gasteiger partial charge on any atom is -0.363 e. The first kappa shape index (κ1) is 14.5. The second-order valence-corrected chi connectivity index (χ2v) is 4.75. The number of likely N-dealkylation sites (tertiary alicyclic amines) is 1. The molecule has 2 N–H and O–H groups in total. The van der Waals surface area contributed by atoms with Crippen LogP contribution in [0.3, 0.4) is 0 Å². The third-order valence-electron chi connectivity index (χ3n) is 3.34. The van der Waals surface area contributed by atoms with Crippen molar-refractivity contribution in [1.29, 1.82) is 0 Å². The fraction of sp³-hybridized carbons (Fsp3) is 0.615. The van der Waals surface area contributed by atoms with Gasteiger partial charge >= 0.3 is 6.03 Å². The summed E-state index contributed by atoms with van der Waals surface area (Å²) >= 11 is 0. The van der Waals surface area contributed by atoms with E-state index in [9.17, 15) is 9.18 Å². The van der Waals surface area contributed by atoms with Gasteiger partial charge in [-0.1, -0.05) is 6.92 Å². The van der Waals surface area contributed by atoms with Crippen LogP contribution < -0.4 is 10.6 Å². The molecule has 1 aliphatic rings. The van der Waals surface area contributed by atoms with Crippen LogP contribution in [0.1, 0.15) is 26.0 Å². The Bertz CT molecular complexity index is 482. The maximum Gasteiger partial charge on any atom is 0.317 e. The third kappa shape index (κ3) is 3.15. The number of rotatable bonds is 4. The molecule has 1 fully saturated rings. The van der Waals surface area contributed by atoms with Crippen LogP contribution in [-0.4, -0.2) is 46.6 Å². The summed E-state index contributed by atoms with van der Waals surface area (Å²) in [6.07, 6.45) is 2.67. The molecule has 20 heavy (non-hydrogen) atoms. The molecule has 6 nitrogen and oxygen atoms in total. The van der Waals surface area contributed by atoms with E-state index < -0.39 is 5.82 Å². The largest absolute Gasteiger partial charge is 0.363 e. The molecule has 0 spiro atoms. The predicted molar refractivity (Wildman–Crippen MR) is 74.0 cm³/mol. The average molecular weight is 281 g/mol. The van der Waals surface area contributed by atoms with Crippen molar-refractivity contribution in [3.63, 3.8) is 0 Å². The van der Waals surface area contributed by atoms with Gasteiger partial charge in [0.1, 0.15) is 6.33 Å². The first-order chi connectivity index (χ1) is 9.65. The van der Waals surface area contributed by atoms with Crippen LogP contribution in [0.4, 0.5) is 15.0 Å². The van der Waals surface area contributed by atoms with Crippen LogP contribution >= 0.6 is 0 Å². The molecule has 2 rings (SSSR count). The molecule has 1 unspecified atom stereocenters. The van der Waals surface area contributed by atoms with Gasteiger partial charge in [0, 0.05) is 25.7 Å². The zero-order valence-electron chi connectivity index (χ0n) is 11.8. The van der Waals surface area contributed by atoms with Crippen molar-refractivity contribution < 1.29 is 9.18 Å². The molecule has 2 amide bonds. The van der Waals surface area contributed by atoms with Crippen molar-refractivity contribution in [2.24, 2.45) is 0 Å². The number of halogens is 1. The molecule has 1 saturated heterocycles. The topological polar surface area (TPSA) is 70.2 Å². The van der Waals surface area contributed by atoms with Crippen LogP contribution in [0.2, 0.25) is 0 Å². The summed E-state index contributed by atoms with van der Waals surface area (Å²) in [6.45, 7) is 5.55. The van der Waals surface area contributed by atoms with E-state index in [1.807, 2.05) is 13.8 Å². The van der Waals surface area contributed by atoms with Crippen LogP contribution in [0.5, 0.6) is 0 Å². The maximum absolute atomic E-state index is 14.0. The Morgan fingerprint density at radius 2 is 2.30 bits per heavy atom. The summed E-state index contributed by atoms with van der Waals surface area (Å²) in [7, 11) is 0. The minimum atomic E-state index is -0.397. The van der Waals surface area contributed by atoms with Crippen molar-refractivity contribution in [1.82, 2.24) is 20.2 Å². The molecular weight excluding hydrogens is 261 g/mol. The van der Waals surface area contributed by atoms with Crippen LogP contribution in [0.25, 0.3) is 0 Å². The van der Waals surface area contributed by atoms with E-state index in [1.165, 1.54) is 6.33 Å². The summed E-state index contributed by atoms with van der Waals surface area (Å²) in [5.74, 6) is -0.175. The monoisotopic (exact) mass is 281 g/mol. The van der Waals surface area contributed by atoms with E-state index in [-0.39, 0.29) is 17.9 Å². The highest BCUT2D eigenvalue weighted by Gasteiger charge is 2.27. The van der Waals surface area contributed by atoms with Crippen LogP contribution in [0, 0.1) is 5.82 Å². The van der Waals surface area contributed by atoms with Gasteiger partial charge < -0.3 is 15.5 Å². The molecule has 1 atom stereocenters. The number of nitrogens with one attached hydrogen (secondary N) is 2. The Labute approximate surface area is 117 Å². The lowest BCUT2D eigenvalue weighted by Crippen LogP contribution is -2.39. The lowest BCUT2D eigenvalue weighted by molar-refractivity contribution is 0.209. The number of carbonyl (C=O) groups excluding carboxylic acids is 1. The SMILES string of the molecule is CCNC(=O)N1CCC(Nc2ncnc(CC)c2F)C1. The highest BCUT2D eigenvalue weighted by atomic mass is 19.1. The second-order valence-electron chi connectivity index (χ2n) is 4.75. The van der Waals surface area contributed by atoms with Crippen molar-refractivity contribution >= 4 is 11.8 Å². The quantitative estimate of drug-likeness (QED) is 0.875. The van der Waals surface area contributed by atoms with Gasteiger partial charge in [-0.25, -0.2) is 19.2 Å². The van der Waals surface area contributed by atoms with Gasteiger partial charge in [0.25, 0.3) is 0 Å². The van der Waals surface area contributed by atoms with E-state index in [0.717, 1.165) is 6.42 Å². The van der Waals surface area contributed by atoms with E-state index in [0.29, 0.717) is 31.7 Å². The summed E-state index contributed by atoms with van der Waals surface area (Å²) < 4.78 is 14.0. The molecule has 1 aromatic rings. The van der Waals surface area contributed by atoms with E-state index in [1.54, 1.807) is 4.90 Å². The molecule has 0 saturated carbocycles. The summed E-state index contributed by atoms with van der Waals surface area (Å²) in [5.41, 5.74) is 0.404. The van der Waals surface area contributed by atoms with Gasteiger partial charge in [0.15, 0.2) is 11.6 Å². The standard InChI is InChI=1S/C13H20FN5O/c1-3-10-11(14)12(17-8-16-10)18-9-5-6-19(7-9)13(20)15-4-2/h8-9H,3-7H2,1-2H3,(H,15,20)(H,16,17,18). The molecule has 7 heteroatoms. The number of anilines is 1. The molecule has 110 valence electrons. The molecule has 0 aromatic carbocycles. The highest BCUT2D eigenvalue weighted by molar-refractivity contribution is 5.74. The van der Waals surface area contributed by atoms with Gasteiger partial charge in [0.05, 0.1) is 5.69 Å². The second kappa shape index (κ2) is 6.49. The number of aromatic nitrogens is 2. The Morgan fingerprint density at radius 3 is 3.00 bits per heavy atom. The number of hydrogen-bond donors (Lipinski definition) is 2. The zero-order chi connectivity index (χ0) is 14.5. The lowest BCUT2D eigenvalue weighted by Gasteiger charge is -2.17. The number of hydrogen-bond acceptors (Lipinski definition) is 4. The Morgan fingerprint density at radius 1 is 1.50 bits per heavy atom. The fourth-order valence-electron chi connectivity index (χ4n) is 2.27. The van der Waals surface area contributed by atoms with Crippen LogP contribution in [0.15, 0.2) is 6.33 Å². The number of amides is 2. The Hall–Kier alpha value is -1.92. The Balaban J connectivity index is 1.97. The molecule has 0 aliphatic carbocycles. The van der Waals surface area contributed by atoms with Gasteiger partial charge in [-0.3, -0.25) is 0 Å². The summed E-state index contributed by atoms with van der Waals surface area (Å²) in [4.78, 5) is 21.3. The number of nitrogens with zero attached hydrogens (tertiary/aromatic N) is 3. The molecule has 1 aliphatic heterocycles. The molecule has 0 radical (unpaired) electrons. The number of carbonyl (C=O) groups is 1. The predicted octanol–water partition coefficient (Wildman–Crippen LogP) is 1.39. The normalized spacial score (nSPS) is 18.1. The smallest absolute Gasteiger partial charge is 0.317 e. The summed E-state index contributed by atoms with van der Waals surface area (Å²) in [6, 6.07) is -0.0547. The number of urea groups is 1. The molecular formula is C13H20FN5O. The van der Waals surface area contributed by atoms with Crippen molar-refractivity contribution in [2.75, 3.05) is 25.0 Å². The number of aryl methyl sites for hydroxylation is 1. The first-order valence-electron chi connectivity index (χ1n) is 6.94. The minimum absolute atomic E-state index is 0.0201. The van der Waals surface area contributed by atoms with Crippen LogP contribution in [-0.2, 0) is 6.42 Å². The third-order valence-corrected chi connectivity index (χ3v) is 3.34. The van der Waals surface area contributed by atoms with Crippen molar-refractivity contribution in [3.05, 3.63) is 17.8 Å². The first-order valence-corrected chi connectivity index (χ1v) is 6.94. The van der Waals surface area contributed by atoms with E-state index in [4.69, 9.17) is 0 Å². The average Bonchev–Trinajstić information content (AvgIpc) is 2.90. The van der Waals surface area contributed by atoms with E-state index >= 15 is 0 Å². The Kier molecular flexibility index (Phi) is 4.70. The maximum atomic E-state index is 14.0. The zero-order valence-corrected chi connectivity index (χ0v) is 11.8. The van der Waals surface area contributed by atoms with Gasteiger partial charge in [-0.05, 0) is 19.8 Å². The summed E-state index contributed by atoms with van der Waals surface area (Å²) in [5, 5.41) is 5.82. The van der Waals surface area contributed by atoms with Crippen molar-refractivity contribution in [2.45, 2.75) is 32.7 Å². The van der Waals surface area contributed by atoms with Gasteiger partial charge in [0.2, 0.25) is 0 Å². The molecule has 2 heterocycles. The fourth-order valence-corrected chi connectivity index (χ4v) is 2.27. The van der Waals surface area contributed by atoms with E-state index in [2.05, 4.69) is 20.6 Å². The molecule has 0 bridgehead atoms. The van der Waals surface area contributed by atoms with Gasteiger partial charge in [-0.2, -0.15) is 0 Å².